The molecule has 5 heteroatoms. The van der Waals surface area contributed by atoms with E-state index in [1.807, 2.05) is 31.2 Å². The van der Waals surface area contributed by atoms with Gasteiger partial charge >= 0.3 is 7.12 Å². The first-order chi connectivity index (χ1) is 10.2. The van der Waals surface area contributed by atoms with Crippen molar-refractivity contribution >= 4 is 12.6 Å². The van der Waals surface area contributed by atoms with Crippen molar-refractivity contribution in [1.82, 2.24) is 0 Å². The molecule has 1 fully saturated rings. The van der Waals surface area contributed by atoms with Gasteiger partial charge in [0, 0.05) is 6.04 Å². The zero-order valence-electron chi connectivity index (χ0n) is 14.4. The third-order valence-electron chi connectivity index (χ3n) is 4.48. The second-order valence-electron chi connectivity index (χ2n) is 7.13. The van der Waals surface area contributed by atoms with Gasteiger partial charge in [0.1, 0.15) is 5.75 Å². The Bertz CT molecular complexity index is 469. The molecule has 0 bridgehead atoms. The third-order valence-corrected chi connectivity index (χ3v) is 4.48. The molecule has 0 spiro atoms. The van der Waals surface area contributed by atoms with Crippen molar-refractivity contribution in [3.63, 3.8) is 0 Å². The van der Waals surface area contributed by atoms with Crippen LogP contribution in [0.15, 0.2) is 24.3 Å². The Labute approximate surface area is 134 Å². The highest BCUT2D eigenvalue weighted by molar-refractivity contribution is 6.62. The first-order valence-corrected chi connectivity index (χ1v) is 8.05. The fourth-order valence-corrected chi connectivity index (χ4v) is 2.30. The van der Waals surface area contributed by atoms with Gasteiger partial charge in [-0.1, -0.05) is 12.1 Å². The smallest absolute Gasteiger partial charge is 0.494 e. The van der Waals surface area contributed by atoms with E-state index in [0.717, 1.165) is 24.1 Å². The molecule has 1 atom stereocenters. The maximum absolute atomic E-state index is 6.04. The van der Waals surface area contributed by atoms with E-state index in [1.165, 1.54) is 0 Å². The number of ether oxygens (including phenoxy) is 1. The molecule has 0 amide bonds. The van der Waals surface area contributed by atoms with Gasteiger partial charge in [-0.05, 0) is 65.1 Å². The number of hydrogen-bond donors (Lipinski definition) is 1. The fraction of sp³-hybridized carbons (Fsp3) is 0.647. The summed E-state index contributed by atoms with van der Waals surface area (Å²) in [6.45, 7) is 10.9. The van der Waals surface area contributed by atoms with Crippen LogP contribution in [0, 0.1) is 0 Å². The molecule has 1 heterocycles. The van der Waals surface area contributed by atoms with E-state index in [-0.39, 0.29) is 24.4 Å². The lowest BCUT2D eigenvalue weighted by Gasteiger charge is -2.32. The van der Waals surface area contributed by atoms with Gasteiger partial charge in [-0.25, -0.2) is 0 Å². The Balaban J connectivity index is 1.90. The van der Waals surface area contributed by atoms with Crippen molar-refractivity contribution in [2.24, 2.45) is 5.73 Å². The Hall–Kier alpha value is -1.04. The van der Waals surface area contributed by atoms with Crippen molar-refractivity contribution < 1.29 is 14.0 Å². The van der Waals surface area contributed by atoms with Gasteiger partial charge in [0.25, 0.3) is 0 Å². The topological polar surface area (TPSA) is 53.7 Å². The zero-order chi connectivity index (χ0) is 16.4. The van der Waals surface area contributed by atoms with Crippen LogP contribution < -0.4 is 15.9 Å². The van der Waals surface area contributed by atoms with Crippen molar-refractivity contribution in [2.75, 3.05) is 6.61 Å². The normalized spacial score (nSPS) is 20.9. The number of nitrogens with two attached hydrogens (primary N) is 1. The number of hydrogen-bond acceptors (Lipinski definition) is 4. The molecule has 0 aliphatic carbocycles. The molecule has 4 nitrogen and oxygen atoms in total. The van der Waals surface area contributed by atoms with Gasteiger partial charge in [-0.2, -0.15) is 0 Å². The van der Waals surface area contributed by atoms with Crippen LogP contribution >= 0.6 is 0 Å². The maximum Gasteiger partial charge on any atom is 0.494 e. The van der Waals surface area contributed by atoms with Crippen LogP contribution in [0.25, 0.3) is 0 Å². The average Bonchev–Trinajstić information content (AvgIpc) is 2.64. The second-order valence-corrected chi connectivity index (χ2v) is 7.13. The lowest BCUT2D eigenvalue weighted by Crippen LogP contribution is -2.41. The van der Waals surface area contributed by atoms with Crippen LogP contribution in [-0.4, -0.2) is 31.0 Å². The lowest BCUT2D eigenvalue weighted by atomic mass is 9.79. The molecule has 22 heavy (non-hydrogen) atoms. The predicted molar refractivity (Wildman–Crippen MR) is 90.5 cm³/mol. The fourth-order valence-electron chi connectivity index (χ4n) is 2.30. The monoisotopic (exact) mass is 305 g/mol. The zero-order valence-corrected chi connectivity index (χ0v) is 14.4. The third kappa shape index (κ3) is 4.03. The highest BCUT2D eigenvalue weighted by Crippen LogP contribution is 2.36. The van der Waals surface area contributed by atoms with E-state index in [0.29, 0.717) is 6.61 Å². The molecule has 1 aromatic rings. The summed E-state index contributed by atoms with van der Waals surface area (Å²) >= 11 is 0. The Morgan fingerprint density at radius 3 is 2.14 bits per heavy atom. The summed E-state index contributed by atoms with van der Waals surface area (Å²) in [4.78, 5) is 0. The number of rotatable bonds is 6. The van der Waals surface area contributed by atoms with Gasteiger partial charge < -0.3 is 19.8 Å². The van der Waals surface area contributed by atoms with E-state index >= 15 is 0 Å². The average molecular weight is 305 g/mol. The molecule has 0 saturated carbocycles. The first-order valence-electron chi connectivity index (χ1n) is 8.05. The summed E-state index contributed by atoms with van der Waals surface area (Å²) in [5, 5.41) is 0. The summed E-state index contributed by atoms with van der Waals surface area (Å²) in [5.74, 6) is 0.866. The summed E-state index contributed by atoms with van der Waals surface area (Å²) in [6.07, 6.45) is 1.95. The highest BCUT2D eigenvalue weighted by atomic mass is 16.7. The van der Waals surface area contributed by atoms with Crippen molar-refractivity contribution in [3.05, 3.63) is 24.3 Å². The second kappa shape index (κ2) is 6.61. The van der Waals surface area contributed by atoms with Crippen LogP contribution in [0.5, 0.6) is 5.75 Å². The maximum atomic E-state index is 6.04. The molecule has 1 aliphatic rings. The standard InChI is InChI=1S/C17H28BNO3/c1-13(19)7-6-12-20-15-10-8-14(9-11-15)18-21-16(2,3)17(4,5)22-18/h8-11,13H,6-7,12,19H2,1-5H3. The molecular formula is C17H28BNO3. The molecule has 1 aromatic carbocycles. The molecule has 2 rings (SSSR count). The van der Waals surface area contributed by atoms with E-state index in [4.69, 9.17) is 19.8 Å². The van der Waals surface area contributed by atoms with Gasteiger partial charge in [0.2, 0.25) is 0 Å². The molecule has 0 aromatic heterocycles. The van der Waals surface area contributed by atoms with Gasteiger partial charge in [0.05, 0.1) is 17.8 Å². The van der Waals surface area contributed by atoms with E-state index in [2.05, 4.69) is 27.7 Å². The van der Waals surface area contributed by atoms with Gasteiger partial charge in [-0.15, -0.1) is 0 Å². The Kier molecular flexibility index (Phi) is 5.20. The molecule has 1 aliphatic heterocycles. The minimum absolute atomic E-state index is 0.231. The minimum atomic E-state index is -0.322. The SMILES string of the molecule is CC(N)CCCOc1ccc(B2OC(C)(C)C(C)(C)O2)cc1. The molecule has 0 radical (unpaired) electrons. The first kappa shape index (κ1) is 17.3. The van der Waals surface area contributed by atoms with Crippen molar-refractivity contribution in [2.45, 2.75) is 64.7 Å². The molecule has 122 valence electrons. The largest absolute Gasteiger partial charge is 0.494 e. The Morgan fingerprint density at radius 2 is 1.64 bits per heavy atom. The molecule has 1 unspecified atom stereocenters. The lowest BCUT2D eigenvalue weighted by molar-refractivity contribution is 0.00578. The van der Waals surface area contributed by atoms with Gasteiger partial charge in [-0.3, -0.25) is 0 Å². The van der Waals surface area contributed by atoms with E-state index in [9.17, 15) is 0 Å². The van der Waals surface area contributed by atoms with Crippen LogP contribution in [-0.2, 0) is 9.31 Å². The molecule has 1 saturated heterocycles. The van der Waals surface area contributed by atoms with Crippen molar-refractivity contribution in [1.29, 1.82) is 0 Å². The summed E-state index contributed by atoms with van der Waals surface area (Å²) < 4.78 is 17.8. The molecular weight excluding hydrogens is 277 g/mol. The Morgan fingerprint density at radius 1 is 1.09 bits per heavy atom. The summed E-state index contributed by atoms with van der Waals surface area (Å²) in [7, 11) is -0.322. The quantitative estimate of drug-likeness (QED) is 0.648. The highest BCUT2D eigenvalue weighted by Gasteiger charge is 2.51. The van der Waals surface area contributed by atoms with Crippen molar-refractivity contribution in [3.8, 4) is 5.75 Å². The molecule has 2 N–H and O–H groups in total. The van der Waals surface area contributed by atoms with Gasteiger partial charge in [0.15, 0.2) is 0 Å². The van der Waals surface area contributed by atoms with Crippen LogP contribution in [0.2, 0.25) is 0 Å². The minimum Gasteiger partial charge on any atom is -0.494 e. The predicted octanol–water partition coefficient (Wildman–Crippen LogP) is 2.49. The van der Waals surface area contributed by atoms with Crippen LogP contribution in [0.3, 0.4) is 0 Å². The van der Waals surface area contributed by atoms with Crippen LogP contribution in [0.1, 0.15) is 47.5 Å². The van der Waals surface area contributed by atoms with E-state index < -0.39 is 0 Å². The summed E-state index contributed by atoms with van der Waals surface area (Å²) in [6, 6.07) is 8.17. The van der Waals surface area contributed by atoms with E-state index in [1.54, 1.807) is 0 Å². The summed E-state index contributed by atoms with van der Waals surface area (Å²) in [5.41, 5.74) is 6.11. The number of benzene rings is 1. The van der Waals surface area contributed by atoms with Crippen LogP contribution in [0.4, 0.5) is 0 Å².